The number of amides is 1. The molecular formula is C11H15ClN2O3S2. The van der Waals surface area contributed by atoms with Crippen molar-refractivity contribution in [1.29, 1.82) is 0 Å². The molecule has 0 aliphatic carbocycles. The second-order valence-corrected chi connectivity index (χ2v) is 8.48. The van der Waals surface area contributed by atoms with E-state index in [1.165, 1.54) is 25.2 Å². The van der Waals surface area contributed by atoms with Gasteiger partial charge in [-0.2, -0.15) is 0 Å². The van der Waals surface area contributed by atoms with Crippen molar-refractivity contribution in [3.63, 3.8) is 0 Å². The summed E-state index contributed by atoms with van der Waals surface area (Å²) < 4.78 is 23.4. The van der Waals surface area contributed by atoms with E-state index in [4.69, 9.17) is 11.6 Å². The van der Waals surface area contributed by atoms with E-state index >= 15 is 0 Å². The number of alkyl halides is 1. The quantitative estimate of drug-likeness (QED) is 0.775. The Kier molecular flexibility index (Phi) is 3.90. The number of sulfonamides is 1. The van der Waals surface area contributed by atoms with Crippen LogP contribution in [0.2, 0.25) is 0 Å². The summed E-state index contributed by atoms with van der Waals surface area (Å²) in [6, 6.07) is 0. The number of carbonyl (C=O) groups is 1. The fourth-order valence-electron chi connectivity index (χ4n) is 1.88. The monoisotopic (exact) mass is 322 g/mol. The van der Waals surface area contributed by atoms with Crippen molar-refractivity contribution in [1.82, 2.24) is 9.29 Å². The Hall–Kier alpha value is -0.660. The van der Waals surface area contributed by atoms with Crippen LogP contribution in [0, 0.1) is 0 Å². The molecule has 1 aliphatic heterocycles. The molecule has 0 unspecified atom stereocenters. The van der Waals surface area contributed by atoms with Crippen LogP contribution in [-0.4, -0.2) is 34.9 Å². The minimum atomic E-state index is -3.46. The number of thiazole rings is 1. The average molecular weight is 323 g/mol. The van der Waals surface area contributed by atoms with Gasteiger partial charge in [-0.3, -0.25) is 4.79 Å². The molecule has 0 spiro atoms. The zero-order valence-electron chi connectivity index (χ0n) is 10.7. The molecule has 2 heterocycles. The van der Waals surface area contributed by atoms with E-state index < -0.39 is 14.8 Å². The van der Waals surface area contributed by atoms with Crippen molar-refractivity contribution < 1.29 is 13.2 Å². The van der Waals surface area contributed by atoms with Gasteiger partial charge in [0.25, 0.3) is 15.9 Å². The molecule has 0 radical (unpaired) electrons. The van der Waals surface area contributed by atoms with Crippen molar-refractivity contribution >= 4 is 38.9 Å². The number of aromatic nitrogens is 1. The predicted octanol–water partition coefficient (Wildman–Crippen LogP) is 1.77. The van der Waals surface area contributed by atoms with Crippen LogP contribution < -0.4 is 0 Å². The molecule has 0 saturated carbocycles. The van der Waals surface area contributed by atoms with Crippen LogP contribution in [0.5, 0.6) is 0 Å². The largest absolute Gasteiger partial charge is 0.272 e. The van der Waals surface area contributed by atoms with Gasteiger partial charge in [0.2, 0.25) is 0 Å². The van der Waals surface area contributed by atoms with Gasteiger partial charge in [-0.15, -0.1) is 22.9 Å². The molecule has 1 saturated heterocycles. The molecule has 2 rings (SSSR count). The summed E-state index contributed by atoms with van der Waals surface area (Å²) in [5.74, 6) is 0.0528. The summed E-state index contributed by atoms with van der Waals surface area (Å²) in [6.45, 7) is 3.10. The van der Waals surface area contributed by atoms with Gasteiger partial charge in [-0.05, 0) is 20.3 Å². The van der Waals surface area contributed by atoms with Crippen LogP contribution in [0.25, 0.3) is 0 Å². The number of hydrogen-bond donors (Lipinski definition) is 0. The number of hydrogen-bond acceptors (Lipinski definition) is 5. The molecule has 8 heteroatoms. The van der Waals surface area contributed by atoms with Crippen LogP contribution >= 0.6 is 22.9 Å². The number of rotatable bonds is 5. The molecule has 0 bridgehead atoms. The van der Waals surface area contributed by atoms with Gasteiger partial charge in [0.15, 0.2) is 4.75 Å². The smallest absolute Gasteiger partial charge is 0.258 e. The lowest BCUT2D eigenvalue weighted by molar-refractivity contribution is -0.132. The summed E-state index contributed by atoms with van der Waals surface area (Å²) in [5.41, 5.74) is 0.829. The van der Waals surface area contributed by atoms with Gasteiger partial charge in [0, 0.05) is 18.3 Å². The lowest BCUT2D eigenvalue weighted by atomic mass is 10.2. The zero-order chi connectivity index (χ0) is 14.3. The Morgan fingerprint density at radius 3 is 2.68 bits per heavy atom. The summed E-state index contributed by atoms with van der Waals surface area (Å²) in [7, 11) is -3.46. The third-order valence-corrected chi connectivity index (χ3v) is 6.79. The molecular weight excluding hydrogens is 308 g/mol. The van der Waals surface area contributed by atoms with Crippen LogP contribution in [0.15, 0.2) is 5.38 Å². The fraction of sp³-hybridized carbons (Fsp3) is 0.636. The predicted molar refractivity (Wildman–Crippen MR) is 74.7 cm³/mol. The molecule has 1 amide bonds. The Balaban J connectivity index is 1.89. The molecule has 19 heavy (non-hydrogen) atoms. The van der Waals surface area contributed by atoms with E-state index in [9.17, 15) is 13.2 Å². The first-order valence-electron chi connectivity index (χ1n) is 5.86. The van der Waals surface area contributed by atoms with Gasteiger partial charge in [-0.25, -0.2) is 17.7 Å². The van der Waals surface area contributed by atoms with Crippen molar-refractivity contribution in [2.45, 2.75) is 37.3 Å². The van der Waals surface area contributed by atoms with Gasteiger partial charge >= 0.3 is 0 Å². The van der Waals surface area contributed by atoms with E-state index in [2.05, 4.69) is 4.98 Å². The van der Waals surface area contributed by atoms with Crippen molar-refractivity contribution in [3.05, 3.63) is 16.1 Å². The van der Waals surface area contributed by atoms with Crippen molar-refractivity contribution in [3.8, 4) is 0 Å². The summed E-state index contributed by atoms with van der Waals surface area (Å²) in [6.07, 6.45) is 1.23. The molecule has 1 aromatic heterocycles. The third-order valence-electron chi connectivity index (χ3n) is 3.16. The van der Waals surface area contributed by atoms with Crippen LogP contribution in [0.1, 0.15) is 31.0 Å². The summed E-state index contributed by atoms with van der Waals surface area (Å²) in [4.78, 5) is 16.0. The first-order chi connectivity index (χ1) is 8.80. The highest BCUT2D eigenvalue weighted by Crippen LogP contribution is 2.34. The normalized spacial score (nSPS) is 20.4. The van der Waals surface area contributed by atoms with Crippen LogP contribution in [0.4, 0.5) is 0 Å². The Bertz CT molecular complexity index is 595. The number of carbonyl (C=O) groups excluding carboxylic acids is 1. The summed E-state index contributed by atoms with van der Waals surface area (Å²) >= 11 is 7.16. The fourth-order valence-corrected chi connectivity index (χ4v) is 4.51. The molecule has 0 atom stereocenters. The van der Waals surface area contributed by atoms with E-state index in [0.717, 1.165) is 15.0 Å². The van der Waals surface area contributed by atoms with Gasteiger partial charge in [-0.1, -0.05) is 0 Å². The number of nitrogens with zero attached hydrogens (tertiary/aromatic N) is 2. The van der Waals surface area contributed by atoms with Crippen LogP contribution in [0.3, 0.4) is 0 Å². The lowest BCUT2D eigenvalue weighted by Gasteiger charge is -2.43. The van der Waals surface area contributed by atoms with Crippen molar-refractivity contribution in [2.75, 3.05) is 6.54 Å². The molecule has 1 aromatic rings. The Labute approximate surface area is 121 Å². The highest BCUT2D eigenvalue weighted by Gasteiger charge is 2.59. The third kappa shape index (κ3) is 2.39. The number of halogens is 1. The first kappa shape index (κ1) is 14.7. The first-order valence-corrected chi connectivity index (χ1v) is 8.72. The minimum Gasteiger partial charge on any atom is -0.272 e. The second-order valence-electron chi connectivity index (χ2n) is 4.86. The Morgan fingerprint density at radius 1 is 1.47 bits per heavy atom. The van der Waals surface area contributed by atoms with Crippen molar-refractivity contribution in [2.24, 2.45) is 0 Å². The maximum Gasteiger partial charge on any atom is 0.258 e. The second kappa shape index (κ2) is 5.03. The average Bonchev–Trinajstić information content (AvgIpc) is 2.81. The Morgan fingerprint density at radius 2 is 2.16 bits per heavy atom. The SMILES string of the molecule is CC1(C)C(=O)N(CCCc2nc(CCl)cs2)S1(=O)=O. The summed E-state index contributed by atoms with van der Waals surface area (Å²) in [5, 5.41) is 2.80. The van der Waals surface area contributed by atoms with E-state index in [-0.39, 0.29) is 12.5 Å². The zero-order valence-corrected chi connectivity index (χ0v) is 13.1. The lowest BCUT2D eigenvalue weighted by Crippen LogP contribution is -2.67. The van der Waals surface area contributed by atoms with Gasteiger partial charge in [0.05, 0.1) is 16.6 Å². The molecule has 1 aliphatic rings. The highest BCUT2D eigenvalue weighted by molar-refractivity contribution is 7.94. The topological polar surface area (TPSA) is 67.3 Å². The maximum atomic E-state index is 11.8. The van der Waals surface area contributed by atoms with Crippen LogP contribution in [-0.2, 0) is 27.1 Å². The molecule has 0 aromatic carbocycles. The molecule has 106 valence electrons. The minimum absolute atomic E-state index is 0.223. The molecule has 0 N–H and O–H groups in total. The standard InChI is InChI=1S/C11H15ClN2O3S2/c1-11(2)10(15)14(19(11,16)17)5-3-4-9-13-8(6-12)7-18-9/h7H,3-6H2,1-2H3. The number of aryl methyl sites for hydroxylation is 1. The van der Waals surface area contributed by atoms with E-state index in [0.29, 0.717) is 18.7 Å². The molecule has 5 nitrogen and oxygen atoms in total. The highest BCUT2D eigenvalue weighted by atomic mass is 35.5. The molecule has 1 fully saturated rings. The van der Waals surface area contributed by atoms with Gasteiger partial charge < -0.3 is 0 Å². The maximum absolute atomic E-state index is 11.8. The van der Waals surface area contributed by atoms with Gasteiger partial charge in [0.1, 0.15) is 0 Å². The van der Waals surface area contributed by atoms with E-state index in [1.54, 1.807) is 0 Å². The van der Waals surface area contributed by atoms with E-state index in [1.807, 2.05) is 5.38 Å².